The first-order valence-electron chi connectivity index (χ1n) is 13.2. The second kappa shape index (κ2) is 10.9. The first-order chi connectivity index (χ1) is 16.5. The average Bonchev–Trinajstić information content (AvgIpc) is 3.45. The average molecular weight is 508 g/mol. The fourth-order valence-electron chi connectivity index (χ4n) is 5.73. The Labute approximate surface area is 212 Å². The fourth-order valence-corrected chi connectivity index (χ4v) is 6.77. The standard InChI is InChI=1S/C27H41NO6S/c1-16-5-10-20(22(29)13-16)25(30)28(21-14-23(27(2,3)4)35-24(21)26(31)32)17-6-8-18(9-7-17)34-19-11-12-33-15-19/h14,16-20,22,29H,5-13,15H2,1-4H3,(H,31,32)/t16-,17?,18?,19-,20-,22+/m1/s1. The Hall–Kier alpha value is -1.48. The maximum atomic E-state index is 14.0. The van der Waals surface area contributed by atoms with Crippen LogP contribution < -0.4 is 4.90 Å². The molecule has 4 rings (SSSR count). The van der Waals surface area contributed by atoms with Crippen molar-refractivity contribution >= 4 is 28.9 Å². The number of ether oxygens (including phenoxy) is 2. The van der Waals surface area contributed by atoms with Gasteiger partial charge < -0.3 is 24.6 Å². The van der Waals surface area contributed by atoms with Crippen molar-refractivity contribution in [3.05, 3.63) is 15.8 Å². The van der Waals surface area contributed by atoms with Crippen molar-refractivity contribution in [1.82, 2.24) is 0 Å². The number of aromatic carboxylic acids is 1. The third-order valence-corrected chi connectivity index (χ3v) is 9.36. The van der Waals surface area contributed by atoms with Gasteiger partial charge in [0.25, 0.3) is 0 Å². The minimum atomic E-state index is -1.01. The van der Waals surface area contributed by atoms with E-state index in [9.17, 15) is 19.8 Å². The van der Waals surface area contributed by atoms with Gasteiger partial charge in [-0.3, -0.25) is 4.79 Å². The van der Waals surface area contributed by atoms with Crippen LogP contribution in [0.4, 0.5) is 5.69 Å². The molecular weight excluding hydrogens is 466 g/mol. The van der Waals surface area contributed by atoms with Crippen LogP contribution in [0.15, 0.2) is 6.07 Å². The van der Waals surface area contributed by atoms with Crippen LogP contribution in [0.5, 0.6) is 0 Å². The number of aliphatic hydroxyl groups excluding tert-OH is 1. The third kappa shape index (κ3) is 6.09. The molecule has 1 amide bonds. The molecule has 1 aromatic rings. The normalized spacial score (nSPS) is 31.9. The topological polar surface area (TPSA) is 96.3 Å². The molecule has 1 aliphatic heterocycles. The van der Waals surface area contributed by atoms with Gasteiger partial charge >= 0.3 is 5.97 Å². The van der Waals surface area contributed by atoms with Crippen LogP contribution in [0.25, 0.3) is 0 Å². The maximum Gasteiger partial charge on any atom is 0.348 e. The summed E-state index contributed by atoms with van der Waals surface area (Å²) in [5.74, 6) is -1.23. The van der Waals surface area contributed by atoms with E-state index in [0.717, 1.165) is 50.0 Å². The summed E-state index contributed by atoms with van der Waals surface area (Å²) in [4.78, 5) is 29.2. The molecule has 2 heterocycles. The molecule has 4 atom stereocenters. The van der Waals surface area contributed by atoms with E-state index in [-0.39, 0.29) is 34.4 Å². The molecule has 7 nitrogen and oxygen atoms in total. The van der Waals surface area contributed by atoms with E-state index < -0.39 is 18.0 Å². The Bertz CT molecular complexity index is 894. The summed E-state index contributed by atoms with van der Waals surface area (Å²) in [5.41, 5.74) is 0.271. The first-order valence-corrected chi connectivity index (χ1v) is 14.0. The Morgan fingerprint density at radius 2 is 1.80 bits per heavy atom. The highest BCUT2D eigenvalue weighted by molar-refractivity contribution is 7.14. The quantitative estimate of drug-likeness (QED) is 0.563. The molecular formula is C27H41NO6S. The molecule has 35 heavy (non-hydrogen) atoms. The van der Waals surface area contributed by atoms with Gasteiger partial charge in [0.1, 0.15) is 4.88 Å². The second-order valence-electron chi connectivity index (χ2n) is 11.7. The molecule has 3 fully saturated rings. The number of carboxylic acid groups (broad SMARTS) is 1. The third-order valence-electron chi connectivity index (χ3n) is 7.82. The van der Waals surface area contributed by atoms with E-state index in [2.05, 4.69) is 27.7 Å². The Morgan fingerprint density at radius 1 is 1.09 bits per heavy atom. The van der Waals surface area contributed by atoms with Crippen molar-refractivity contribution in [2.24, 2.45) is 11.8 Å². The zero-order chi connectivity index (χ0) is 25.3. The highest BCUT2D eigenvalue weighted by Crippen LogP contribution is 2.42. The van der Waals surface area contributed by atoms with Crippen molar-refractivity contribution in [2.45, 2.75) is 109 Å². The lowest BCUT2D eigenvalue weighted by atomic mass is 9.79. The molecule has 2 aliphatic carbocycles. The zero-order valence-corrected chi connectivity index (χ0v) is 22.3. The predicted octanol–water partition coefficient (Wildman–Crippen LogP) is 4.99. The Morgan fingerprint density at radius 3 is 2.37 bits per heavy atom. The number of hydrogen-bond acceptors (Lipinski definition) is 6. The molecule has 0 spiro atoms. The number of rotatable bonds is 6. The molecule has 1 aromatic heterocycles. The molecule has 1 saturated heterocycles. The number of anilines is 1. The van der Waals surface area contributed by atoms with Gasteiger partial charge in [0.15, 0.2) is 0 Å². The molecule has 0 aromatic carbocycles. The van der Waals surface area contributed by atoms with Gasteiger partial charge in [0.2, 0.25) is 5.91 Å². The van der Waals surface area contributed by atoms with Crippen LogP contribution in [0.3, 0.4) is 0 Å². The summed E-state index contributed by atoms with van der Waals surface area (Å²) in [6.07, 6.45) is 5.83. The smallest absolute Gasteiger partial charge is 0.348 e. The Balaban J connectivity index is 1.61. The summed E-state index contributed by atoms with van der Waals surface area (Å²) in [7, 11) is 0. The van der Waals surface area contributed by atoms with Gasteiger partial charge in [0.05, 0.1) is 36.5 Å². The lowest BCUT2D eigenvalue weighted by Gasteiger charge is -2.41. The predicted molar refractivity (Wildman–Crippen MR) is 136 cm³/mol. The number of carboxylic acids is 1. The summed E-state index contributed by atoms with van der Waals surface area (Å²) in [6.45, 7) is 9.67. The van der Waals surface area contributed by atoms with Gasteiger partial charge in [-0.1, -0.05) is 27.7 Å². The molecule has 0 bridgehead atoms. The van der Waals surface area contributed by atoms with E-state index >= 15 is 0 Å². The number of nitrogens with zero attached hydrogens (tertiary/aromatic N) is 1. The highest BCUT2D eigenvalue weighted by Gasteiger charge is 2.41. The Kier molecular flexibility index (Phi) is 8.25. The number of aliphatic hydroxyl groups is 1. The fraction of sp³-hybridized carbons (Fsp3) is 0.778. The van der Waals surface area contributed by atoms with Crippen LogP contribution in [0, 0.1) is 11.8 Å². The number of hydrogen-bond donors (Lipinski definition) is 2. The molecule has 196 valence electrons. The minimum Gasteiger partial charge on any atom is -0.477 e. The molecule has 0 unspecified atom stereocenters. The molecule has 2 saturated carbocycles. The molecule has 8 heteroatoms. The maximum absolute atomic E-state index is 14.0. The second-order valence-corrected chi connectivity index (χ2v) is 12.8. The number of amides is 1. The lowest BCUT2D eigenvalue weighted by Crippen LogP contribution is -2.50. The number of thiophene rings is 1. The van der Waals surface area contributed by atoms with Crippen molar-refractivity contribution in [2.75, 3.05) is 18.1 Å². The summed E-state index contributed by atoms with van der Waals surface area (Å²) in [5, 5.41) is 20.9. The van der Waals surface area contributed by atoms with Gasteiger partial charge in [-0.15, -0.1) is 11.3 Å². The summed E-state index contributed by atoms with van der Waals surface area (Å²) >= 11 is 1.26. The molecule has 3 aliphatic rings. The van der Waals surface area contributed by atoms with E-state index in [1.807, 2.05) is 6.07 Å². The van der Waals surface area contributed by atoms with E-state index in [4.69, 9.17) is 9.47 Å². The number of carbonyl (C=O) groups excluding carboxylic acids is 1. The van der Waals surface area contributed by atoms with Crippen molar-refractivity contribution in [3.8, 4) is 0 Å². The van der Waals surface area contributed by atoms with E-state index in [0.29, 0.717) is 31.1 Å². The highest BCUT2D eigenvalue weighted by atomic mass is 32.1. The van der Waals surface area contributed by atoms with Crippen LogP contribution in [0.2, 0.25) is 0 Å². The van der Waals surface area contributed by atoms with Crippen molar-refractivity contribution in [1.29, 1.82) is 0 Å². The van der Waals surface area contributed by atoms with Crippen LogP contribution in [-0.2, 0) is 19.7 Å². The van der Waals surface area contributed by atoms with Gasteiger partial charge in [-0.25, -0.2) is 4.79 Å². The van der Waals surface area contributed by atoms with Gasteiger partial charge in [0, 0.05) is 17.5 Å². The van der Waals surface area contributed by atoms with Crippen molar-refractivity contribution < 1.29 is 29.3 Å². The first kappa shape index (κ1) is 26.6. The lowest BCUT2D eigenvalue weighted by molar-refractivity contribution is -0.129. The molecule has 0 radical (unpaired) electrons. The van der Waals surface area contributed by atoms with Crippen LogP contribution >= 0.6 is 11.3 Å². The summed E-state index contributed by atoms with van der Waals surface area (Å²) < 4.78 is 11.7. The molecule has 2 N–H and O–H groups in total. The van der Waals surface area contributed by atoms with Crippen LogP contribution in [0.1, 0.15) is 93.6 Å². The van der Waals surface area contributed by atoms with E-state index in [1.165, 1.54) is 11.3 Å². The van der Waals surface area contributed by atoms with E-state index in [1.54, 1.807) is 4.90 Å². The largest absolute Gasteiger partial charge is 0.477 e. The zero-order valence-electron chi connectivity index (χ0n) is 21.5. The minimum absolute atomic E-state index is 0.103. The van der Waals surface area contributed by atoms with Gasteiger partial charge in [-0.05, 0) is 68.8 Å². The SMILES string of the molecule is C[C@@H]1CC[C@@H](C(=O)N(c2cc(C(C)(C)C)sc2C(=O)O)C2CCC(O[C@@H]3CCOC3)CC2)[C@@H](O)C1. The van der Waals surface area contributed by atoms with Crippen molar-refractivity contribution in [3.63, 3.8) is 0 Å². The van der Waals surface area contributed by atoms with Crippen LogP contribution in [-0.4, -0.2) is 59.7 Å². The van der Waals surface area contributed by atoms with Gasteiger partial charge in [-0.2, -0.15) is 0 Å². The number of carbonyl (C=O) groups is 2. The monoisotopic (exact) mass is 507 g/mol. The summed E-state index contributed by atoms with van der Waals surface area (Å²) in [6, 6.07) is 1.80.